The minimum atomic E-state index is -1.12. The number of carboxylic acid groups (broad SMARTS) is 2. The van der Waals surface area contributed by atoms with Crippen LogP contribution in [0.2, 0.25) is 0 Å². The van der Waals surface area contributed by atoms with Crippen LogP contribution >= 0.6 is 22.6 Å². The Labute approximate surface area is 157 Å². The van der Waals surface area contributed by atoms with Crippen LogP contribution in [0.4, 0.5) is 0 Å². The predicted molar refractivity (Wildman–Crippen MR) is 101 cm³/mol. The predicted octanol–water partition coefficient (Wildman–Crippen LogP) is 3.87. The largest absolute Gasteiger partial charge is 0.478 e. The van der Waals surface area contributed by atoms with E-state index in [4.69, 9.17) is 10.2 Å². The van der Waals surface area contributed by atoms with Gasteiger partial charge in [0.15, 0.2) is 0 Å². The molecule has 0 radical (unpaired) electrons. The van der Waals surface area contributed by atoms with Crippen molar-refractivity contribution in [2.75, 3.05) is 0 Å². The molecule has 0 aliphatic heterocycles. The smallest absolute Gasteiger partial charge is 0.336 e. The Bertz CT molecular complexity index is 878. The summed E-state index contributed by atoms with van der Waals surface area (Å²) < 4.78 is 2.40. The van der Waals surface area contributed by atoms with Crippen molar-refractivity contribution in [2.45, 2.75) is 6.92 Å². The summed E-state index contributed by atoms with van der Waals surface area (Å²) in [4.78, 5) is 21.4. The minimum absolute atomic E-state index is 0.000293. The van der Waals surface area contributed by atoms with Crippen LogP contribution in [0.1, 0.15) is 26.3 Å². The molecule has 0 saturated carbocycles. The van der Waals surface area contributed by atoms with Crippen molar-refractivity contribution in [2.24, 2.45) is 0 Å². The highest BCUT2D eigenvalue weighted by Gasteiger charge is 2.14. The number of aryl methyl sites for hydroxylation is 1. The zero-order chi connectivity index (χ0) is 18.4. The molecule has 128 valence electrons. The van der Waals surface area contributed by atoms with Crippen LogP contribution in [0, 0.1) is 10.5 Å². The molecule has 2 aromatic carbocycles. The summed E-state index contributed by atoms with van der Waals surface area (Å²) in [6, 6.07) is 14.6. The van der Waals surface area contributed by atoms with Gasteiger partial charge in [0.05, 0.1) is 16.8 Å². The number of para-hydroxylation sites is 1. The van der Waals surface area contributed by atoms with E-state index in [2.05, 4.69) is 5.10 Å². The highest BCUT2D eigenvalue weighted by molar-refractivity contribution is 14.1. The third-order valence-corrected chi connectivity index (χ3v) is 4.69. The second-order valence-corrected chi connectivity index (χ2v) is 6.13. The molecular weight excluding hydrogens is 435 g/mol. The molecule has 0 spiro atoms. The first-order chi connectivity index (χ1) is 11.9. The number of hydrogen-bond donors (Lipinski definition) is 2. The molecule has 7 heteroatoms. The normalized spacial score (nSPS) is 9.84. The Balaban J connectivity index is 0.000000185. The first-order valence-corrected chi connectivity index (χ1v) is 8.30. The Morgan fingerprint density at radius 2 is 1.72 bits per heavy atom. The number of rotatable bonds is 3. The summed E-state index contributed by atoms with van der Waals surface area (Å²) in [6.45, 7) is 1.68. The average molecular weight is 450 g/mol. The first kappa shape index (κ1) is 18.7. The van der Waals surface area contributed by atoms with Gasteiger partial charge in [-0.15, -0.1) is 0 Å². The molecule has 0 atom stereocenters. The number of carboxylic acids is 2. The van der Waals surface area contributed by atoms with E-state index >= 15 is 0 Å². The number of hydrogen-bond acceptors (Lipinski definition) is 3. The number of aromatic carboxylic acids is 2. The maximum atomic E-state index is 10.8. The third kappa shape index (κ3) is 4.90. The van der Waals surface area contributed by atoms with E-state index in [0.29, 0.717) is 9.13 Å². The molecule has 0 amide bonds. The fourth-order valence-electron chi connectivity index (χ4n) is 2.05. The standard InChI is InChI=1S/C9H7IO4.C9H8N2/c1-4-2-5(8(11)12)3-6(7(4)10)9(13)14;1-2-5-9(6-3-1)11-8-4-7-10-11/h2-3H,1H3,(H,11,12)(H,13,14);1-8H. The maximum Gasteiger partial charge on any atom is 0.336 e. The fraction of sp³-hybridized carbons (Fsp3) is 0.0556. The van der Waals surface area contributed by atoms with Crippen molar-refractivity contribution in [3.63, 3.8) is 0 Å². The van der Waals surface area contributed by atoms with Gasteiger partial charge in [-0.2, -0.15) is 5.10 Å². The molecule has 3 aromatic rings. The van der Waals surface area contributed by atoms with Crippen LogP contribution in [0.3, 0.4) is 0 Å². The third-order valence-electron chi connectivity index (χ3n) is 3.26. The molecule has 0 unspecified atom stereocenters. The molecule has 3 rings (SSSR count). The van der Waals surface area contributed by atoms with Crippen molar-refractivity contribution in [1.82, 2.24) is 9.78 Å². The number of nitrogens with zero attached hydrogens (tertiary/aromatic N) is 2. The number of benzene rings is 2. The molecule has 0 bridgehead atoms. The van der Waals surface area contributed by atoms with Gasteiger partial charge in [0.25, 0.3) is 0 Å². The topological polar surface area (TPSA) is 92.4 Å². The van der Waals surface area contributed by atoms with Crippen LogP contribution in [0.5, 0.6) is 0 Å². The van der Waals surface area contributed by atoms with Crippen molar-refractivity contribution in [3.8, 4) is 5.69 Å². The molecule has 1 heterocycles. The van der Waals surface area contributed by atoms with Crippen LogP contribution in [-0.4, -0.2) is 31.9 Å². The lowest BCUT2D eigenvalue weighted by Crippen LogP contribution is -2.06. The van der Waals surface area contributed by atoms with E-state index in [1.165, 1.54) is 12.1 Å². The number of aromatic nitrogens is 2. The second-order valence-electron chi connectivity index (χ2n) is 5.05. The van der Waals surface area contributed by atoms with E-state index in [0.717, 1.165) is 5.69 Å². The molecule has 0 aliphatic carbocycles. The summed E-state index contributed by atoms with van der Waals surface area (Å²) in [6.07, 6.45) is 3.70. The molecule has 2 N–H and O–H groups in total. The quantitative estimate of drug-likeness (QED) is 0.592. The lowest BCUT2D eigenvalue weighted by atomic mass is 10.1. The van der Waals surface area contributed by atoms with Gasteiger partial charge >= 0.3 is 11.9 Å². The monoisotopic (exact) mass is 450 g/mol. The Kier molecular flexibility index (Phi) is 6.29. The van der Waals surface area contributed by atoms with Gasteiger partial charge in [-0.1, -0.05) is 18.2 Å². The Morgan fingerprint density at radius 1 is 1.04 bits per heavy atom. The van der Waals surface area contributed by atoms with E-state index in [-0.39, 0.29) is 11.1 Å². The maximum absolute atomic E-state index is 10.8. The van der Waals surface area contributed by atoms with Crippen molar-refractivity contribution in [1.29, 1.82) is 0 Å². The van der Waals surface area contributed by atoms with Crippen LogP contribution < -0.4 is 0 Å². The molecule has 0 fully saturated rings. The summed E-state index contributed by atoms with van der Waals surface area (Å²) in [5.74, 6) is -2.23. The van der Waals surface area contributed by atoms with E-state index in [1.807, 2.05) is 69.9 Å². The number of halogens is 1. The van der Waals surface area contributed by atoms with Crippen LogP contribution in [0.25, 0.3) is 5.69 Å². The lowest BCUT2D eigenvalue weighted by molar-refractivity contribution is 0.0695. The van der Waals surface area contributed by atoms with Gasteiger partial charge in [-0.05, 0) is 65.4 Å². The Hall–Kier alpha value is -2.68. The van der Waals surface area contributed by atoms with Crippen molar-refractivity contribution < 1.29 is 19.8 Å². The van der Waals surface area contributed by atoms with Gasteiger partial charge in [-0.3, -0.25) is 0 Å². The van der Waals surface area contributed by atoms with E-state index < -0.39 is 11.9 Å². The lowest BCUT2D eigenvalue weighted by Gasteiger charge is -2.04. The summed E-state index contributed by atoms with van der Waals surface area (Å²) >= 11 is 1.89. The van der Waals surface area contributed by atoms with Gasteiger partial charge in [0.1, 0.15) is 0 Å². The SMILES string of the molecule is Cc1cc(C(=O)O)cc(C(=O)O)c1I.c1ccc(-n2cccn2)cc1. The zero-order valence-electron chi connectivity index (χ0n) is 13.3. The summed E-state index contributed by atoms with van der Waals surface area (Å²) in [7, 11) is 0. The zero-order valence-corrected chi connectivity index (χ0v) is 15.4. The molecule has 25 heavy (non-hydrogen) atoms. The van der Waals surface area contributed by atoms with Gasteiger partial charge < -0.3 is 10.2 Å². The molecule has 1 aromatic heterocycles. The molecule has 0 saturated heterocycles. The Morgan fingerprint density at radius 3 is 2.24 bits per heavy atom. The van der Waals surface area contributed by atoms with Crippen molar-refractivity contribution >= 4 is 34.5 Å². The fourth-order valence-corrected chi connectivity index (χ4v) is 2.59. The molecular formula is C18H15IN2O4. The van der Waals surface area contributed by atoms with Crippen LogP contribution in [-0.2, 0) is 0 Å². The average Bonchev–Trinajstić information content (AvgIpc) is 3.12. The van der Waals surface area contributed by atoms with E-state index in [1.54, 1.807) is 13.1 Å². The van der Waals surface area contributed by atoms with Gasteiger partial charge in [0.2, 0.25) is 0 Å². The second kappa shape index (κ2) is 8.43. The van der Waals surface area contributed by atoms with E-state index in [9.17, 15) is 9.59 Å². The first-order valence-electron chi connectivity index (χ1n) is 7.22. The highest BCUT2D eigenvalue weighted by Crippen LogP contribution is 2.19. The molecule has 0 aliphatic rings. The van der Waals surface area contributed by atoms with Crippen LogP contribution in [0.15, 0.2) is 60.9 Å². The summed E-state index contributed by atoms with van der Waals surface area (Å²) in [5.41, 5.74) is 1.78. The number of carbonyl (C=O) groups is 2. The van der Waals surface area contributed by atoms with Gasteiger partial charge in [-0.25, -0.2) is 14.3 Å². The van der Waals surface area contributed by atoms with Crippen molar-refractivity contribution in [3.05, 3.63) is 81.2 Å². The minimum Gasteiger partial charge on any atom is -0.478 e. The highest BCUT2D eigenvalue weighted by atomic mass is 127. The summed E-state index contributed by atoms with van der Waals surface area (Å²) in [5, 5.41) is 21.6. The molecule has 6 nitrogen and oxygen atoms in total. The van der Waals surface area contributed by atoms with Gasteiger partial charge in [0, 0.05) is 16.0 Å².